The highest BCUT2D eigenvalue weighted by Gasteiger charge is 2.31. The average molecular weight is 241 g/mol. The summed E-state index contributed by atoms with van der Waals surface area (Å²) in [5.41, 5.74) is 0. The Balaban J connectivity index is 2.42. The molecule has 5 heteroatoms. The fraction of sp³-hybridized carbons (Fsp3) is 0.833. The lowest BCUT2D eigenvalue weighted by Gasteiger charge is -2.19. The van der Waals surface area contributed by atoms with E-state index in [9.17, 15) is 9.59 Å². The zero-order valence-electron chi connectivity index (χ0n) is 11.0. The lowest BCUT2D eigenvalue weighted by molar-refractivity contribution is -0.131. The van der Waals surface area contributed by atoms with E-state index in [2.05, 4.69) is 16.0 Å². The van der Waals surface area contributed by atoms with Gasteiger partial charge < -0.3 is 16.0 Å². The number of nitrogens with one attached hydrogen (secondary N) is 3. The molecule has 0 aliphatic carbocycles. The Labute approximate surface area is 103 Å². The van der Waals surface area contributed by atoms with E-state index in [0.29, 0.717) is 12.5 Å². The molecule has 0 radical (unpaired) electrons. The van der Waals surface area contributed by atoms with Crippen molar-refractivity contribution in [2.24, 2.45) is 11.8 Å². The molecule has 0 aromatic carbocycles. The van der Waals surface area contributed by atoms with Crippen LogP contribution in [0, 0.1) is 11.8 Å². The van der Waals surface area contributed by atoms with Crippen LogP contribution in [0.4, 0.5) is 0 Å². The van der Waals surface area contributed by atoms with E-state index in [-0.39, 0.29) is 23.8 Å². The Morgan fingerprint density at radius 2 is 1.82 bits per heavy atom. The van der Waals surface area contributed by atoms with Crippen LogP contribution in [0.2, 0.25) is 0 Å². The SMILES string of the molecule is CC(C)NC(=O)C(C)NC(=O)[C@@H]1CNC[C@H]1C. The van der Waals surface area contributed by atoms with Gasteiger partial charge in [0.05, 0.1) is 5.92 Å². The fourth-order valence-corrected chi connectivity index (χ4v) is 1.96. The molecule has 1 rings (SSSR count). The standard InChI is InChI=1S/C12H23N3O2/c1-7(2)14-11(16)9(4)15-12(17)10-6-13-5-8(10)3/h7-10,13H,5-6H2,1-4H3,(H,14,16)(H,15,17)/t8-,9?,10-/m1/s1. The third kappa shape index (κ3) is 4.00. The molecule has 2 amide bonds. The second-order valence-corrected chi connectivity index (χ2v) is 5.14. The number of carbonyl (C=O) groups excluding carboxylic acids is 2. The first-order valence-electron chi connectivity index (χ1n) is 6.23. The molecule has 0 aromatic rings. The Morgan fingerprint density at radius 1 is 1.18 bits per heavy atom. The summed E-state index contributed by atoms with van der Waals surface area (Å²) in [6.07, 6.45) is 0. The molecule has 0 aromatic heterocycles. The number of hydrogen-bond acceptors (Lipinski definition) is 3. The summed E-state index contributed by atoms with van der Waals surface area (Å²) in [4.78, 5) is 23.6. The van der Waals surface area contributed by atoms with Gasteiger partial charge in [-0.05, 0) is 33.2 Å². The topological polar surface area (TPSA) is 70.2 Å². The largest absolute Gasteiger partial charge is 0.352 e. The molecule has 5 nitrogen and oxygen atoms in total. The monoisotopic (exact) mass is 241 g/mol. The van der Waals surface area contributed by atoms with Crippen LogP contribution in [0.15, 0.2) is 0 Å². The van der Waals surface area contributed by atoms with Gasteiger partial charge in [0.2, 0.25) is 11.8 Å². The van der Waals surface area contributed by atoms with Crippen LogP contribution in [0.3, 0.4) is 0 Å². The molecule has 1 aliphatic rings. The van der Waals surface area contributed by atoms with Gasteiger partial charge in [-0.15, -0.1) is 0 Å². The molecule has 1 heterocycles. The maximum atomic E-state index is 11.9. The van der Waals surface area contributed by atoms with Crippen molar-refractivity contribution in [2.75, 3.05) is 13.1 Å². The highest BCUT2D eigenvalue weighted by atomic mass is 16.2. The van der Waals surface area contributed by atoms with Crippen molar-refractivity contribution in [1.29, 1.82) is 0 Å². The van der Waals surface area contributed by atoms with Gasteiger partial charge >= 0.3 is 0 Å². The lowest BCUT2D eigenvalue weighted by Crippen LogP contribution is -2.49. The van der Waals surface area contributed by atoms with Gasteiger partial charge in [-0.25, -0.2) is 0 Å². The average Bonchev–Trinajstić information content (AvgIpc) is 2.63. The van der Waals surface area contributed by atoms with E-state index in [1.165, 1.54) is 0 Å². The number of rotatable bonds is 4. The van der Waals surface area contributed by atoms with Crippen molar-refractivity contribution in [3.05, 3.63) is 0 Å². The molecule has 98 valence electrons. The van der Waals surface area contributed by atoms with E-state index >= 15 is 0 Å². The van der Waals surface area contributed by atoms with Crippen molar-refractivity contribution >= 4 is 11.8 Å². The van der Waals surface area contributed by atoms with Crippen LogP contribution in [-0.2, 0) is 9.59 Å². The zero-order valence-corrected chi connectivity index (χ0v) is 11.0. The van der Waals surface area contributed by atoms with E-state index in [0.717, 1.165) is 6.54 Å². The summed E-state index contributed by atoms with van der Waals surface area (Å²) < 4.78 is 0. The van der Waals surface area contributed by atoms with E-state index in [4.69, 9.17) is 0 Å². The van der Waals surface area contributed by atoms with Gasteiger partial charge in [-0.2, -0.15) is 0 Å². The molecule has 3 atom stereocenters. The second-order valence-electron chi connectivity index (χ2n) is 5.14. The molecule has 1 saturated heterocycles. The van der Waals surface area contributed by atoms with Crippen molar-refractivity contribution < 1.29 is 9.59 Å². The summed E-state index contributed by atoms with van der Waals surface area (Å²) in [6, 6.07) is -0.383. The predicted molar refractivity (Wildman–Crippen MR) is 66.4 cm³/mol. The van der Waals surface area contributed by atoms with E-state index in [1.54, 1.807) is 6.92 Å². The number of hydrogen-bond donors (Lipinski definition) is 3. The second kappa shape index (κ2) is 6.00. The summed E-state index contributed by atoms with van der Waals surface area (Å²) in [6.45, 7) is 9.12. The first-order valence-corrected chi connectivity index (χ1v) is 6.23. The van der Waals surface area contributed by atoms with Gasteiger partial charge in [0.1, 0.15) is 6.04 Å². The smallest absolute Gasteiger partial charge is 0.242 e. The minimum Gasteiger partial charge on any atom is -0.352 e. The van der Waals surface area contributed by atoms with E-state index < -0.39 is 6.04 Å². The zero-order chi connectivity index (χ0) is 13.0. The number of carbonyl (C=O) groups is 2. The fourth-order valence-electron chi connectivity index (χ4n) is 1.96. The molecule has 1 aliphatic heterocycles. The molecular formula is C12H23N3O2. The van der Waals surface area contributed by atoms with Gasteiger partial charge in [0, 0.05) is 12.6 Å². The third-order valence-corrected chi connectivity index (χ3v) is 3.04. The minimum atomic E-state index is -0.474. The van der Waals surface area contributed by atoms with Gasteiger partial charge in [-0.3, -0.25) is 9.59 Å². The highest BCUT2D eigenvalue weighted by Crippen LogP contribution is 2.15. The van der Waals surface area contributed by atoms with E-state index in [1.807, 2.05) is 20.8 Å². The van der Waals surface area contributed by atoms with Crippen LogP contribution in [0.25, 0.3) is 0 Å². The summed E-state index contributed by atoms with van der Waals surface area (Å²) in [5, 5.41) is 8.72. The molecule has 0 bridgehead atoms. The maximum absolute atomic E-state index is 11.9. The maximum Gasteiger partial charge on any atom is 0.242 e. The van der Waals surface area contributed by atoms with Crippen molar-refractivity contribution in [1.82, 2.24) is 16.0 Å². The minimum absolute atomic E-state index is 0.0238. The lowest BCUT2D eigenvalue weighted by atomic mass is 9.97. The normalized spacial score (nSPS) is 25.7. The van der Waals surface area contributed by atoms with Crippen molar-refractivity contribution in [3.63, 3.8) is 0 Å². The Kier molecular flexibility index (Phi) is 4.93. The van der Waals surface area contributed by atoms with Crippen LogP contribution in [0.1, 0.15) is 27.7 Å². The molecule has 1 fully saturated rings. The van der Waals surface area contributed by atoms with Gasteiger partial charge in [-0.1, -0.05) is 6.92 Å². The molecule has 3 N–H and O–H groups in total. The quantitative estimate of drug-likeness (QED) is 0.642. The number of amides is 2. The molecule has 0 saturated carbocycles. The molecule has 0 spiro atoms. The summed E-state index contributed by atoms with van der Waals surface area (Å²) in [5.74, 6) is 0.139. The summed E-state index contributed by atoms with van der Waals surface area (Å²) in [7, 11) is 0. The van der Waals surface area contributed by atoms with Crippen LogP contribution < -0.4 is 16.0 Å². The third-order valence-electron chi connectivity index (χ3n) is 3.04. The van der Waals surface area contributed by atoms with Crippen LogP contribution in [0.5, 0.6) is 0 Å². The predicted octanol–water partition coefficient (Wildman–Crippen LogP) is -0.129. The first kappa shape index (κ1) is 14.0. The highest BCUT2D eigenvalue weighted by molar-refractivity contribution is 5.88. The molecule has 17 heavy (non-hydrogen) atoms. The van der Waals surface area contributed by atoms with Crippen LogP contribution in [-0.4, -0.2) is 37.0 Å². The Hall–Kier alpha value is -1.10. The Bertz CT molecular complexity index is 291. The summed E-state index contributed by atoms with van der Waals surface area (Å²) >= 11 is 0. The van der Waals surface area contributed by atoms with Crippen molar-refractivity contribution in [3.8, 4) is 0 Å². The van der Waals surface area contributed by atoms with Gasteiger partial charge in [0.15, 0.2) is 0 Å². The van der Waals surface area contributed by atoms with Crippen LogP contribution >= 0.6 is 0 Å². The van der Waals surface area contributed by atoms with Crippen molar-refractivity contribution in [2.45, 2.75) is 39.8 Å². The first-order chi connectivity index (χ1) is 7.91. The molecular weight excluding hydrogens is 218 g/mol. The van der Waals surface area contributed by atoms with Gasteiger partial charge in [0.25, 0.3) is 0 Å². The molecule has 1 unspecified atom stereocenters. The Morgan fingerprint density at radius 3 is 2.29 bits per heavy atom.